The molecule has 2 unspecified atom stereocenters. The van der Waals surface area contributed by atoms with Crippen LogP contribution in [0.25, 0.3) is 11.1 Å². The van der Waals surface area contributed by atoms with Crippen molar-refractivity contribution in [3.63, 3.8) is 0 Å². The Morgan fingerprint density at radius 3 is 2.26 bits per heavy atom. The lowest BCUT2D eigenvalue weighted by atomic mass is 9.98. The summed E-state index contributed by atoms with van der Waals surface area (Å²) in [4.78, 5) is 37.6. The average molecular weight is 479 g/mol. The summed E-state index contributed by atoms with van der Waals surface area (Å²) in [5.74, 6) is -0.938. The molecule has 2 aromatic rings. The number of hydrogen-bond donors (Lipinski definition) is 2. The minimum absolute atomic E-state index is 0.000404. The highest BCUT2D eigenvalue weighted by molar-refractivity contribution is 5.84. The molecule has 1 aliphatic heterocycles. The van der Waals surface area contributed by atoms with E-state index in [4.69, 9.17) is 4.74 Å². The zero-order chi connectivity index (χ0) is 24.8. The largest absolute Gasteiger partial charge is 0.480 e. The van der Waals surface area contributed by atoms with Crippen molar-refractivity contribution in [2.75, 3.05) is 19.7 Å². The molecular formula is C28H34N2O5. The van der Waals surface area contributed by atoms with Gasteiger partial charge in [0.25, 0.3) is 0 Å². The molecule has 2 aliphatic rings. The van der Waals surface area contributed by atoms with Crippen LogP contribution in [0.15, 0.2) is 48.5 Å². The second kappa shape index (κ2) is 11.4. The third-order valence-corrected chi connectivity index (χ3v) is 7.20. The van der Waals surface area contributed by atoms with Gasteiger partial charge < -0.3 is 20.1 Å². The Morgan fingerprint density at radius 1 is 0.971 bits per heavy atom. The van der Waals surface area contributed by atoms with Crippen molar-refractivity contribution in [2.24, 2.45) is 5.92 Å². The number of aliphatic carboxylic acids is 1. The fraction of sp³-hybridized carbons (Fsp3) is 0.464. The number of ether oxygens (including phenoxy) is 1. The quantitative estimate of drug-likeness (QED) is 0.479. The number of rotatable bonds is 10. The Balaban J connectivity index is 1.11. The molecule has 1 aliphatic carbocycles. The van der Waals surface area contributed by atoms with Crippen LogP contribution in [-0.2, 0) is 14.3 Å². The molecule has 0 aromatic heterocycles. The van der Waals surface area contributed by atoms with Gasteiger partial charge in [-0.2, -0.15) is 0 Å². The Labute approximate surface area is 206 Å². The van der Waals surface area contributed by atoms with Crippen LogP contribution in [0.3, 0.4) is 0 Å². The van der Waals surface area contributed by atoms with Crippen LogP contribution in [0.2, 0.25) is 0 Å². The number of benzene rings is 2. The molecule has 2 atom stereocenters. The zero-order valence-corrected chi connectivity index (χ0v) is 20.2. The van der Waals surface area contributed by atoms with Gasteiger partial charge in [0.2, 0.25) is 5.91 Å². The number of amides is 2. The van der Waals surface area contributed by atoms with Gasteiger partial charge in [0.05, 0.1) is 0 Å². The molecule has 4 rings (SSSR count). The van der Waals surface area contributed by atoms with Crippen molar-refractivity contribution in [3.8, 4) is 11.1 Å². The molecule has 1 fully saturated rings. The van der Waals surface area contributed by atoms with Crippen LogP contribution in [0.1, 0.15) is 62.5 Å². The minimum Gasteiger partial charge on any atom is -0.480 e. The van der Waals surface area contributed by atoms with Crippen LogP contribution in [-0.4, -0.2) is 53.7 Å². The normalized spacial score (nSPS) is 18.7. The van der Waals surface area contributed by atoms with E-state index < -0.39 is 18.1 Å². The smallest absolute Gasteiger partial charge is 0.407 e. The van der Waals surface area contributed by atoms with Crippen molar-refractivity contribution in [1.29, 1.82) is 0 Å². The van der Waals surface area contributed by atoms with E-state index in [1.165, 1.54) is 27.2 Å². The molecule has 0 radical (unpaired) electrons. The van der Waals surface area contributed by atoms with Gasteiger partial charge in [-0.15, -0.1) is 0 Å². The van der Waals surface area contributed by atoms with E-state index in [0.29, 0.717) is 26.1 Å². The number of alkyl carbamates (subject to hydrolysis) is 1. The molecule has 7 heteroatoms. The molecule has 2 aromatic carbocycles. The molecule has 35 heavy (non-hydrogen) atoms. The molecule has 2 N–H and O–H groups in total. The first-order valence-electron chi connectivity index (χ1n) is 12.6. The number of carbonyl (C=O) groups excluding carboxylic acids is 2. The number of carbonyl (C=O) groups is 3. The van der Waals surface area contributed by atoms with Gasteiger partial charge >= 0.3 is 12.1 Å². The predicted molar refractivity (Wildman–Crippen MR) is 133 cm³/mol. The maximum Gasteiger partial charge on any atom is 0.407 e. The number of hydrogen-bond acceptors (Lipinski definition) is 4. The van der Waals surface area contributed by atoms with Crippen LogP contribution >= 0.6 is 0 Å². The standard InChI is InChI=1S/C28H34N2O5/c1-19-15-17-30(26(19)27(32)33)25(31)14-4-2-3-9-16-29-28(34)35-18-24-22-12-7-5-10-20(22)21-11-6-8-13-23(21)24/h5-8,10-13,19,24,26H,2-4,9,14-18H2,1H3,(H,29,34)(H,32,33). The van der Waals surface area contributed by atoms with E-state index in [2.05, 4.69) is 29.6 Å². The number of carboxylic acid groups (broad SMARTS) is 1. The maximum absolute atomic E-state index is 12.4. The summed E-state index contributed by atoms with van der Waals surface area (Å²) >= 11 is 0. The summed E-state index contributed by atoms with van der Waals surface area (Å²) in [7, 11) is 0. The van der Waals surface area contributed by atoms with E-state index in [1.54, 1.807) is 0 Å². The van der Waals surface area contributed by atoms with Crippen molar-refractivity contribution in [1.82, 2.24) is 10.2 Å². The second-order valence-corrected chi connectivity index (χ2v) is 9.55. The van der Waals surface area contributed by atoms with Gasteiger partial charge in [0, 0.05) is 25.4 Å². The highest BCUT2D eigenvalue weighted by Crippen LogP contribution is 2.44. The molecule has 186 valence electrons. The lowest BCUT2D eigenvalue weighted by Crippen LogP contribution is -2.42. The average Bonchev–Trinajstić information content (AvgIpc) is 3.40. The summed E-state index contributed by atoms with van der Waals surface area (Å²) in [5, 5.41) is 12.2. The van der Waals surface area contributed by atoms with Crippen molar-refractivity contribution >= 4 is 18.0 Å². The van der Waals surface area contributed by atoms with E-state index in [-0.39, 0.29) is 17.7 Å². The topological polar surface area (TPSA) is 95.9 Å². The van der Waals surface area contributed by atoms with Crippen LogP contribution in [0, 0.1) is 5.92 Å². The fourth-order valence-electron chi connectivity index (χ4n) is 5.34. The summed E-state index contributed by atoms with van der Waals surface area (Å²) < 4.78 is 5.55. The molecule has 0 bridgehead atoms. The molecule has 7 nitrogen and oxygen atoms in total. The van der Waals surface area contributed by atoms with Crippen LogP contribution in [0.5, 0.6) is 0 Å². The lowest BCUT2D eigenvalue weighted by molar-refractivity contribution is -0.149. The first-order valence-corrected chi connectivity index (χ1v) is 12.6. The van der Waals surface area contributed by atoms with Crippen molar-refractivity contribution in [2.45, 2.75) is 57.4 Å². The van der Waals surface area contributed by atoms with Crippen molar-refractivity contribution in [3.05, 3.63) is 59.7 Å². The van der Waals surface area contributed by atoms with Gasteiger partial charge in [-0.1, -0.05) is 68.3 Å². The van der Waals surface area contributed by atoms with Gasteiger partial charge in [-0.3, -0.25) is 4.79 Å². The van der Waals surface area contributed by atoms with Crippen molar-refractivity contribution < 1.29 is 24.2 Å². The second-order valence-electron chi connectivity index (χ2n) is 9.55. The van der Waals surface area contributed by atoms with E-state index >= 15 is 0 Å². The monoisotopic (exact) mass is 478 g/mol. The number of carboxylic acids is 1. The Bertz CT molecular complexity index is 1020. The van der Waals surface area contributed by atoms with Gasteiger partial charge in [0.1, 0.15) is 12.6 Å². The molecule has 0 saturated carbocycles. The van der Waals surface area contributed by atoms with Gasteiger partial charge in [-0.05, 0) is 47.4 Å². The summed E-state index contributed by atoms with van der Waals surface area (Å²) in [5.41, 5.74) is 4.78. The molecule has 0 spiro atoms. The zero-order valence-electron chi connectivity index (χ0n) is 20.2. The SMILES string of the molecule is CC1CCN(C(=O)CCCCCCNC(=O)OCC2c3ccccc3-c3ccccc32)C1C(=O)O. The van der Waals surface area contributed by atoms with E-state index in [0.717, 1.165) is 32.1 Å². The third-order valence-electron chi connectivity index (χ3n) is 7.20. The Kier molecular flexibility index (Phi) is 8.06. The number of nitrogens with one attached hydrogen (secondary N) is 1. The summed E-state index contributed by atoms with van der Waals surface area (Å²) in [6, 6.07) is 15.8. The van der Waals surface area contributed by atoms with Crippen LogP contribution in [0.4, 0.5) is 4.79 Å². The Morgan fingerprint density at radius 2 is 1.60 bits per heavy atom. The first kappa shape index (κ1) is 24.8. The Hall–Kier alpha value is -3.35. The molecule has 2 amide bonds. The number of likely N-dealkylation sites (tertiary alicyclic amines) is 1. The fourth-order valence-corrected chi connectivity index (χ4v) is 5.34. The number of fused-ring (bicyclic) bond motifs is 3. The summed E-state index contributed by atoms with van der Waals surface area (Å²) in [6.45, 7) is 3.24. The highest BCUT2D eigenvalue weighted by atomic mass is 16.5. The van der Waals surface area contributed by atoms with Gasteiger partial charge in [0.15, 0.2) is 0 Å². The molecular weight excluding hydrogens is 444 g/mol. The van der Waals surface area contributed by atoms with E-state index in [1.807, 2.05) is 31.2 Å². The number of nitrogens with zero attached hydrogens (tertiary/aromatic N) is 1. The third kappa shape index (κ3) is 5.66. The molecule has 1 saturated heterocycles. The predicted octanol–water partition coefficient (Wildman–Crippen LogP) is 4.80. The first-order chi connectivity index (χ1) is 17.0. The van der Waals surface area contributed by atoms with E-state index in [9.17, 15) is 19.5 Å². The maximum atomic E-state index is 12.4. The lowest BCUT2D eigenvalue weighted by Gasteiger charge is -2.23. The van der Waals surface area contributed by atoms with Gasteiger partial charge in [-0.25, -0.2) is 9.59 Å². The highest BCUT2D eigenvalue weighted by Gasteiger charge is 2.39. The minimum atomic E-state index is -0.914. The van der Waals surface area contributed by atoms with Crippen LogP contribution < -0.4 is 5.32 Å². The summed E-state index contributed by atoms with van der Waals surface area (Å²) in [6.07, 6.45) is 3.97. The number of unbranched alkanes of at least 4 members (excludes halogenated alkanes) is 3. The molecule has 1 heterocycles.